The highest BCUT2D eigenvalue weighted by Crippen LogP contribution is 2.42. The predicted molar refractivity (Wildman–Crippen MR) is 63.8 cm³/mol. The quantitative estimate of drug-likeness (QED) is 0.774. The zero-order valence-corrected chi connectivity index (χ0v) is 10.0. The first-order chi connectivity index (χ1) is 7.62. The number of hydrogen-bond donors (Lipinski definition) is 0. The number of carbonyl (C=O) groups excluding carboxylic acids is 1. The molecule has 0 aliphatic carbocycles. The molecule has 0 amide bonds. The van der Waals surface area contributed by atoms with Crippen molar-refractivity contribution in [1.29, 1.82) is 0 Å². The summed E-state index contributed by atoms with van der Waals surface area (Å²) in [6, 6.07) is 8.07. The molecule has 84 valence electrons. The molecule has 0 spiro atoms. The molecule has 0 radical (unpaired) electrons. The van der Waals surface area contributed by atoms with Crippen molar-refractivity contribution in [1.82, 2.24) is 0 Å². The van der Waals surface area contributed by atoms with Crippen LogP contribution in [0.25, 0.3) is 0 Å². The summed E-state index contributed by atoms with van der Waals surface area (Å²) >= 11 is 1.06. The van der Waals surface area contributed by atoms with Crippen molar-refractivity contribution in [2.24, 2.45) is 0 Å². The molecule has 1 heterocycles. The number of benzene rings is 1. The SMILES string of the molecule is O=CC1(S(=O)(=O)c2ccccc2)CC=CS1. The molecule has 1 atom stereocenters. The largest absolute Gasteiger partial charge is 0.301 e. The van der Waals surface area contributed by atoms with Crippen LogP contribution in [0.1, 0.15) is 6.42 Å². The third kappa shape index (κ3) is 1.60. The number of allylic oxidation sites excluding steroid dienone is 1. The molecule has 1 aliphatic rings. The fourth-order valence-corrected chi connectivity index (χ4v) is 4.52. The van der Waals surface area contributed by atoms with E-state index < -0.39 is 13.9 Å². The van der Waals surface area contributed by atoms with Gasteiger partial charge in [0.15, 0.2) is 10.4 Å². The van der Waals surface area contributed by atoms with E-state index in [-0.39, 0.29) is 11.3 Å². The molecular weight excluding hydrogens is 244 g/mol. The Hall–Kier alpha value is -1.07. The zero-order chi connectivity index (χ0) is 11.6. The van der Waals surface area contributed by atoms with Gasteiger partial charge < -0.3 is 4.79 Å². The van der Waals surface area contributed by atoms with E-state index in [0.717, 1.165) is 11.8 Å². The van der Waals surface area contributed by atoms with E-state index in [4.69, 9.17) is 0 Å². The Kier molecular flexibility index (Phi) is 2.90. The van der Waals surface area contributed by atoms with E-state index >= 15 is 0 Å². The fraction of sp³-hybridized carbons (Fsp3) is 0.182. The van der Waals surface area contributed by atoms with Crippen LogP contribution in [0.4, 0.5) is 0 Å². The molecule has 1 aromatic rings. The Morgan fingerprint density at radius 2 is 1.94 bits per heavy atom. The first kappa shape index (κ1) is 11.4. The molecular formula is C11H10O3S2. The predicted octanol–water partition coefficient (Wildman–Crippen LogP) is 2.01. The molecule has 1 unspecified atom stereocenters. The number of hydrogen-bond acceptors (Lipinski definition) is 4. The average molecular weight is 254 g/mol. The minimum absolute atomic E-state index is 0.193. The third-order valence-corrected chi connectivity index (χ3v) is 6.46. The second-order valence-electron chi connectivity index (χ2n) is 3.44. The molecule has 0 aromatic heterocycles. The highest BCUT2D eigenvalue weighted by atomic mass is 32.3. The molecule has 0 fully saturated rings. The molecule has 0 saturated carbocycles. The lowest BCUT2D eigenvalue weighted by molar-refractivity contribution is -0.108. The van der Waals surface area contributed by atoms with Crippen LogP contribution >= 0.6 is 11.8 Å². The van der Waals surface area contributed by atoms with Gasteiger partial charge in [-0.3, -0.25) is 0 Å². The summed E-state index contributed by atoms with van der Waals surface area (Å²) in [6.07, 6.45) is 2.47. The van der Waals surface area contributed by atoms with Gasteiger partial charge in [0.05, 0.1) is 4.90 Å². The minimum Gasteiger partial charge on any atom is -0.301 e. The maximum absolute atomic E-state index is 12.3. The van der Waals surface area contributed by atoms with Crippen molar-refractivity contribution < 1.29 is 13.2 Å². The summed E-state index contributed by atoms with van der Waals surface area (Å²) in [7, 11) is -3.62. The van der Waals surface area contributed by atoms with Gasteiger partial charge in [-0.05, 0) is 17.5 Å². The Labute approximate surface area is 98.5 Å². The van der Waals surface area contributed by atoms with E-state index in [2.05, 4.69) is 0 Å². The van der Waals surface area contributed by atoms with Gasteiger partial charge >= 0.3 is 0 Å². The number of carbonyl (C=O) groups is 1. The van der Waals surface area contributed by atoms with Gasteiger partial charge in [-0.1, -0.05) is 24.3 Å². The normalized spacial score (nSPS) is 24.5. The molecule has 0 N–H and O–H groups in total. The van der Waals surface area contributed by atoms with Gasteiger partial charge in [0.1, 0.15) is 0 Å². The summed E-state index contributed by atoms with van der Waals surface area (Å²) in [5.74, 6) is 0. The van der Waals surface area contributed by atoms with E-state index in [1.165, 1.54) is 12.1 Å². The Bertz CT molecular complexity index is 509. The third-order valence-electron chi connectivity index (χ3n) is 2.45. The highest BCUT2D eigenvalue weighted by molar-refractivity contribution is 8.17. The summed E-state index contributed by atoms with van der Waals surface area (Å²) in [6.45, 7) is 0. The summed E-state index contributed by atoms with van der Waals surface area (Å²) in [5.41, 5.74) is 0. The first-order valence-corrected chi connectivity index (χ1v) is 7.07. The van der Waals surface area contributed by atoms with Crippen molar-refractivity contribution in [2.75, 3.05) is 0 Å². The summed E-state index contributed by atoms with van der Waals surface area (Å²) in [5, 5.41) is 1.66. The van der Waals surface area contributed by atoms with Crippen LogP contribution in [0.15, 0.2) is 46.7 Å². The van der Waals surface area contributed by atoms with E-state index in [9.17, 15) is 13.2 Å². The molecule has 1 aromatic carbocycles. The average Bonchev–Trinajstić information content (AvgIpc) is 2.80. The first-order valence-electron chi connectivity index (χ1n) is 4.71. The Morgan fingerprint density at radius 1 is 1.25 bits per heavy atom. The molecule has 1 aliphatic heterocycles. The molecule has 5 heteroatoms. The molecule has 16 heavy (non-hydrogen) atoms. The maximum atomic E-state index is 12.3. The van der Waals surface area contributed by atoms with Crippen LogP contribution in [0.2, 0.25) is 0 Å². The van der Waals surface area contributed by atoms with Crippen molar-refractivity contribution in [2.45, 2.75) is 15.4 Å². The van der Waals surface area contributed by atoms with Crippen LogP contribution in [0.3, 0.4) is 0 Å². The Morgan fingerprint density at radius 3 is 2.44 bits per heavy atom. The van der Waals surface area contributed by atoms with Crippen LogP contribution in [-0.4, -0.2) is 18.8 Å². The summed E-state index contributed by atoms with van der Waals surface area (Å²) in [4.78, 5) is 11.3. The maximum Gasteiger partial charge on any atom is 0.200 e. The van der Waals surface area contributed by atoms with Crippen LogP contribution < -0.4 is 0 Å². The van der Waals surface area contributed by atoms with Gasteiger partial charge in [0.25, 0.3) is 0 Å². The standard InChI is InChI=1S/C11H10O3S2/c12-9-11(7-4-8-15-11)16(13,14)10-5-2-1-3-6-10/h1-6,8-9H,7H2. The minimum atomic E-state index is -3.62. The summed E-state index contributed by atoms with van der Waals surface area (Å²) < 4.78 is 23.2. The topological polar surface area (TPSA) is 51.2 Å². The van der Waals surface area contributed by atoms with Crippen molar-refractivity contribution in [3.05, 3.63) is 41.8 Å². The zero-order valence-electron chi connectivity index (χ0n) is 8.37. The van der Waals surface area contributed by atoms with Gasteiger partial charge in [-0.2, -0.15) is 0 Å². The lowest BCUT2D eigenvalue weighted by Gasteiger charge is -2.21. The second kappa shape index (κ2) is 4.07. The smallest absolute Gasteiger partial charge is 0.200 e. The van der Waals surface area contributed by atoms with Gasteiger partial charge in [-0.15, -0.1) is 11.8 Å². The van der Waals surface area contributed by atoms with Crippen LogP contribution in [-0.2, 0) is 14.6 Å². The van der Waals surface area contributed by atoms with Crippen molar-refractivity contribution >= 4 is 27.9 Å². The van der Waals surface area contributed by atoms with Gasteiger partial charge in [0.2, 0.25) is 9.84 Å². The van der Waals surface area contributed by atoms with Crippen molar-refractivity contribution in [3.63, 3.8) is 0 Å². The van der Waals surface area contributed by atoms with E-state index in [1.54, 1.807) is 29.7 Å². The number of thioether (sulfide) groups is 1. The molecule has 0 bridgehead atoms. The molecule has 0 saturated heterocycles. The lowest BCUT2D eigenvalue weighted by Crippen LogP contribution is -2.34. The van der Waals surface area contributed by atoms with Crippen molar-refractivity contribution in [3.8, 4) is 0 Å². The lowest BCUT2D eigenvalue weighted by atomic mass is 10.3. The molecule has 2 rings (SSSR count). The number of sulfone groups is 1. The van der Waals surface area contributed by atoms with Crippen LogP contribution in [0.5, 0.6) is 0 Å². The Balaban J connectivity index is 2.51. The second-order valence-corrected chi connectivity index (χ2v) is 7.14. The fourth-order valence-electron chi connectivity index (χ4n) is 1.54. The van der Waals surface area contributed by atoms with Gasteiger partial charge in [0, 0.05) is 6.42 Å². The van der Waals surface area contributed by atoms with Gasteiger partial charge in [-0.25, -0.2) is 8.42 Å². The monoisotopic (exact) mass is 254 g/mol. The number of rotatable bonds is 3. The molecule has 3 nitrogen and oxygen atoms in total. The van der Waals surface area contributed by atoms with Crippen LogP contribution in [0, 0.1) is 0 Å². The van der Waals surface area contributed by atoms with E-state index in [0.29, 0.717) is 6.29 Å². The number of aldehydes is 1. The van der Waals surface area contributed by atoms with E-state index in [1.807, 2.05) is 0 Å². The highest BCUT2D eigenvalue weighted by Gasteiger charge is 2.46.